The van der Waals surface area contributed by atoms with Crippen LogP contribution in [-0.2, 0) is 0 Å². The second kappa shape index (κ2) is 9.48. The van der Waals surface area contributed by atoms with Crippen molar-refractivity contribution < 1.29 is 11.0 Å². The zero-order valence-electron chi connectivity index (χ0n) is 12.8. The molecular formula is C17H22Cl3NO2. The first-order chi connectivity index (χ1) is 9.70. The zero-order chi connectivity index (χ0) is 14.1. The third-order valence-electron chi connectivity index (χ3n) is 4.19. The van der Waals surface area contributed by atoms with Gasteiger partial charge in [-0.2, -0.15) is 0 Å². The summed E-state index contributed by atoms with van der Waals surface area (Å²) >= 11 is 12.2. The van der Waals surface area contributed by atoms with Crippen LogP contribution in [0.3, 0.4) is 0 Å². The molecule has 5 N–H and O–H groups in total. The van der Waals surface area contributed by atoms with Gasteiger partial charge in [0.1, 0.15) is 0 Å². The predicted octanol–water partition coefficient (Wildman–Crippen LogP) is 3.95. The number of hydrogen-bond acceptors (Lipinski definition) is 1. The lowest BCUT2D eigenvalue weighted by Gasteiger charge is -2.32. The highest BCUT2D eigenvalue weighted by Crippen LogP contribution is 2.42. The molecule has 0 unspecified atom stereocenters. The number of rotatable bonds is 2. The minimum Gasteiger partial charge on any atom is -0.412 e. The maximum Gasteiger partial charge on any atom is 0.0595 e. The summed E-state index contributed by atoms with van der Waals surface area (Å²) in [7, 11) is 2.03. The number of nitrogens with one attached hydrogen (secondary N) is 1. The molecule has 0 aromatic heterocycles. The van der Waals surface area contributed by atoms with Gasteiger partial charge < -0.3 is 16.3 Å². The van der Waals surface area contributed by atoms with Gasteiger partial charge in [0, 0.05) is 12.0 Å². The molecule has 0 heterocycles. The highest BCUT2D eigenvalue weighted by atomic mass is 35.5. The maximum atomic E-state index is 6.17. The van der Waals surface area contributed by atoms with Gasteiger partial charge in [-0.1, -0.05) is 53.5 Å². The van der Waals surface area contributed by atoms with E-state index in [9.17, 15) is 0 Å². The second-order valence-corrected chi connectivity index (χ2v) is 6.09. The normalized spacial score (nSPS) is 18.7. The van der Waals surface area contributed by atoms with Crippen molar-refractivity contribution in [3.63, 3.8) is 0 Å². The first-order valence-corrected chi connectivity index (χ1v) is 7.67. The first kappa shape index (κ1) is 22.2. The smallest absolute Gasteiger partial charge is 0.0595 e. The van der Waals surface area contributed by atoms with Crippen molar-refractivity contribution in [1.82, 2.24) is 5.32 Å². The summed E-state index contributed by atoms with van der Waals surface area (Å²) in [5, 5.41) is 4.66. The monoisotopic (exact) mass is 377 g/mol. The Morgan fingerprint density at radius 3 is 2.17 bits per heavy atom. The minimum atomic E-state index is 0. The molecule has 3 nitrogen and oxygen atoms in total. The number of fused-ring (bicyclic) bond motifs is 1. The largest absolute Gasteiger partial charge is 0.412 e. The lowest BCUT2D eigenvalue weighted by atomic mass is 9.77. The van der Waals surface area contributed by atoms with Crippen LogP contribution in [0.4, 0.5) is 0 Å². The maximum absolute atomic E-state index is 6.17. The van der Waals surface area contributed by atoms with Crippen molar-refractivity contribution in [3.8, 4) is 0 Å². The van der Waals surface area contributed by atoms with Crippen LogP contribution in [0.15, 0.2) is 42.5 Å². The Hall–Kier alpha value is -0.810. The average Bonchev–Trinajstić information content (AvgIpc) is 2.49. The van der Waals surface area contributed by atoms with Gasteiger partial charge in [0.2, 0.25) is 0 Å². The standard InChI is InChI=1S/C17H17Cl2N.ClH.2H2O/c1-20-17-9-7-12(13-4-2-3-5-14(13)17)11-6-8-15(18)16(19)10-11;;;/h2-6,8,10,12,17,20H,7,9H2,1H3;1H;2*1H2/t12-,17-;;;/m0.../s1. The van der Waals surface area contributed by atoms with Crippen LogP contribution < -0.4 is 5.32 Å². The quantitative estimate of drug-likeness (QED) is 0.844. The summed E-state index contributed by atoms with van der Waals surface area (Å²) < 4.78 is 0. The molecule has 0 fully saturated rings. The van der Waals surface area contributed by atoms with E-state index in [1.165, 1.54) is 16.7 Å². The van der Waals surface area contributed by atoms with Gasteiger partial charge in [-0.25, -0.2) is 0 Å². The molecule has 6 heteroatoms. The molecule has 3 rings (SSSR count). The van der Waals surface area contributed by atoms with Crippen LogP contribution in [0, 0.1) is 0 Å². The van der Waals surface area contributed by atoms with Crippen LogP contribution >= 0.6 is 35.6 Å². The van der Waals surface area contributed by atoms with Gasteiger partial charge in [0.15, 0.2) is 0 Å². The van der Waals surface area contributed by atoms with E-state index in [0.29, 0.717) is 22.0 Å². The van der Waals surface area contributed by atoms with E-state index in [1.807, 2.05) is 19.2 Å². The average molecular weight is 379 g/mol. The Bertz CT molecular complexity index is 637. The fourth-order valence-corrected chi connectivity index (χ4v) is 3.47. The number of halogens is 3. The van der Waals surface area contributed by atoms with Gasteiger partial charge >= 0.3 is 0 Å². The van der Waals surface area contributed by atoms with E-state index in [0.717, 1.165) is 12.8 Å². The highest BCUT2D eigenvalue weighted by molar-refractivity contribution is 6.42. The number of hydrogen-bond donors (Lipinski definition) is 1. The van der Waals surface area contributed by atoms with Gasteiger partial charge in [-0.15, -0.1) is 12.4 Å². The molecule has 2 aromatic rings. The molecular weight excluding hydrogens is 357 g/mol. The third kappa shape index (κ3) is 4.38. The molecule has 0 radical (unpaired) electrons. The van der Waals surface area contributed by atoms with E-state index < -0.39 is 0 Å². The molecule has 1 aliphatic carbocycles. The Morgan fingerprint density at radius 1 is 0.913 bits per heavy atom. The Kier molecular flexibility index (Phi) is 9.14. The lowest BCUT2D eigenvalue weighted by molar-refractivity contribution is 0.471. The van der Waals surface area contributed by atoms with Crippen molar-refractivity contribution in [2.75, 3.05) is 7.05 Å². The van der Waals surface area contributed by atoms with Gasteiger partial charge in [0.25, 0.3) is 0 Å². The molecule has 1 aliphatic rings. The Balaban J connectivity index is 0.00000161. The summed E-state index contributed by atoms with van der Waals surface area (Å²) in [5.41, 5.74) is 4.05. The summed E-state index contributed by atoms with van der Waals surface area (Å²) in [4.78, 5) is 0. The summed E-state index contributed by atoms with van der Waals surface area (Å²) in [5.74, 6) is 0.408. The minimum absolute atomic E-state index is 0. The summed E-state index contributed by atoms with van der Waals surface area (Å²) in [6, 6.07) is 15.1. The molecule has 128 valence electrons. The summed E-state index contributed by atoms with van der Waals surface area (Å²) in [6.45, 7) is 0. The third-order valence-corrected chi connectivity index (χ3v) is 4.92. The Labute approximate surface area is 153 Å². The second-order valence-electron chi connectivity index (χ2n) is 5.27. The molecule has 0 spiro atoms. The van der Waals surface area contributed by atoms with Gasteiger partial charge in [-0.3, -0.25) is 0 Å². The fraction of sp³-hybridized carbons (Fsp3) is 0.294. The molecule has 0 bridgehead atoms. The topological polar surface area (TPSA) is 75.0 Å². The van der Waals surface area contributed by atoms with Crippen molar-refractivity contribution in [1.29, 1.82) is 0 Å². The molecule has 0 amide bonds. The zero-order valence-corrected chi connectivity index (χ0v) is 15.1. The number of benzene rings is 2. The summed E-state index contributed by atoms with van der Waals surface area (Å²) in [6.07, 6.45) is 2.26. The van der Waals surface area contributed by atoms with Crippen LogP contribution in [-0.4, -0.2) is 18.0 Å². The van der Waals surface area contributed by atoms with Crippen molar-refractivity contribution >= 4 is 35.6 Å². The van der Waals surface area contributed by atoms with E-state index in [2.05, 4.69) is 35.6 Å². The SMILES string of the molecule is CN[C@H]1CC[C@@H](c2ccc(Cl)c(Cl)c2)c2ccccc21.Cl.O.O. The predicted molar refractivity (Wildman–Crippen MR) is 100 cm³/mol. The molecule has 0 aliphatic heterocycles. The van der Waals surface area contributed by atoms with E-state index in [-0.39, 0.29) is 23.4 Å². The van der Waals surface area contributed by atoms with Gasteiger partial charge in [0.05, 0.1) is 10.0 Å². The first-order valence-electron chi connectivity index (χ1n) is 6.91. The van der Waals surface area contributed by atoms with Crippen LogP contribution in [0.2, 0.25) is 10.0 Å². The van der Waals surface area contributed by atoms with Crippen LogP contribution in [0.1, 0.15) is 41.5 Å². The van der Waals surface area contributed by atoms with Gasteiger partial charge in [-0.05, 0) is 48.7 Å². The fourth-order valence-electron chi connectivity index (χ4n) is 3.17. The molecule has 0 saturated heterocycles. The molecule has 0 saturated carbocycles. The van der Waals surface area contributed by atoms with Crippen molar-refractivity contribution in [3.05, 3.63) is 69.2 Å². The molecule has 23 heavy (non-hydrogen) atoms. The van der Waals surface area contributed by atoms with E-state index in [1.54, 1.807) is 0 Å². The van der Waals surface area contributed by atoms with E-state index in [4.69, 9.17) is 23.2 Å². The lowest BCUT2D eigenvalue weighted by Crippen LogP contribution is -2.24. The van der Waals surface area contributed by atoms with Crippen LogP contribution in [0.5, 0.6) is 0 Å². The van der Waals surface area contributed by atoms with Crippen LogP contribution in [0.25, 0.3) is 0 Å². The van der Waals surface area contributed by atoms with Crippen molar-refractivity contribution in [2.45, 2.75) is 24.8 Å². The van der Waals surface area contributed by atoms with Crippen molar-refractivity contribution in [2.24, 2.45) is 0 Å². The molecule has 2 aromatic carbocycles. The Morgan fingerprint density at radius 2 is 1.57 bits per heavy atom. The molecule has 2 atom stereocenters. The highest BCUT2D eigenvalue weighted by Gasteiger charge is 2.27. The van der Waals surface area contributed by atoms with E-state index >= 15 is 0 Å².